The molecular formula is C40H27N4O3P. The number of fused-ring (bicyclic) bond motifs is 4. The number of ether oxygens (including phenoxy) is 2. The van der Waals surface area contributed by atoms with Crippen molar-refractivity contribution < 1.29 is 14.0 Å². The molecule has 0 fully saturated rings. The summed E-state index contributed by atoms with van der Waals surface area (Å²) < 4.78 is 28.3. The monoisotopic (exact) mass is 642 g/mol. The largest absolute Gasteiger partial charge is 0.453 e. The molecule has 2 aliphatic rings. The molecule has 0 saturated carbocycles. The maximum Gasteiger partial charge on any atom is 0.206 e. The van der Waals surface area contributed by atoms with E-state index in [1.807, 2.05) is 164 Å². The maximum absolute atomic E-state index is 15.9. The molecule has 48 heavy (non-hydrogen) atoms. The van der Waals surface area contributed by atoms with Gasteiger partial charge in [0, 0.05) is 5.30 Å². The van der Waals surface area contributed by atoms with Gasteiger partial charge in [-0.15, -0.1) is 0 Å². The number of pyridine rings is 2. The van der Waals surface area contributed by atoms with Crippen LogP contribution < -0.4 is 35.4 Å². The Balaban J connectivity index is 1.22. The van der Waals surface area contributed by atoms with E-state index in [0.29, 0.717) is 27.8 Å². The molecule has 4 heterocycles. The van der Waals surface area contributed by atoms with E-state index in [-0.39, 0.29) is 0 Å². The topological polar surface area (TPSA) is 67.8 Å². The van der Waals surface area contributed by atoms with Crippen LogP contribution in [-0.2, 0) is 4.57 Å². The third kappa shape index (κ3) is 4.48. The van der Waals surface area contributed by atoms with Crippen LogP contribution in [0, 0.1) is 0 Å². The second-order valence-corrected chi connectivity index (χ2v) is 14.0. The van der Waals surface area contributed by atoms with Crippen molar-refractivity contribution in [3.63, 3.8) is 0 Å². The summed E-state index contributed by atoms with van der Waals surface area (Å²) in [6.07, 6.45) is 0. The third-order valence-electron chi connectivity index (χ3n) is 8.53. The van der Waals surface area contributed by atoms with E-state index in [1.165, 1.54) is 0 Å². The third-order valence-corrected chi connectivity index (χ3v) is 11.3. The Morgan fingerprint density at radius 2 is 0.750 bits per heavy atom. The molecule has 8 heteroatoms. The Labute approximate surface area is 277 Å². The van der Waals surface area contributed by atoms with Gasteiger partial charge in [0.25, 0.3) is 0 Å². The van der Waals surface area contributed by atoms with Gasteiger partial charge in [0.15, 0.2) is 23.0 Å². The van der Waals surface area contributed by atoms with E-state index in [0.717, 1.165) is 45.7 Å². The fourth-order valence-electron chi connectivity index (χ4n) is 6.35. The molecule has 0 bridgehead atoms. The zero-order valence-corrected chi connectivity index (χ0v) is 26.4. The summed E-state index contributed by atoms with van der Waals surface area (Å²) >= 11 is 0. The molecule has 7 aromatic rings. The number of aromatic nitrogens is 2. The lowest BCUT2D eigenvalue weighted by Crippen LogP contribution is -2.31. The number of rotatable bonds is 5. The van der Waals surface area contributed by atoms with Crippen LogP contribution >= 0.6 is 7.14 Å². The van der Waals surface area contributed by atoms with Gasteiger partial charge in [-0.25, -0.2) is 9.97 Å². The summed E-state index contributed by atoms with van der Waals surface area (Å²) in [5.74, 6) is 4.12. The molecule has 0 spiro atoms. The summed E-state index contributed by atoms with van der Waals surface area (Å²) in [5, 5.41) is 0.643. The molecule has 0 amide bonds. The molecule has 5 aromatic carbocycles. The van der Waals surface area contributed by atoms with Crippen LogP contribution in [-0.4, -0.2) is 9.97 Å². The van der Waals surface area contributed by atoms with Crippen molar-refractivity contribution >= 4 is 57.7 Å². The van der Waals surface area contributed by atoms with Crippen LogP contribution in [0.2, 0.25) is 0 Å². The smallest absolute Gasteiger partial charge is 0.206 e. The minimum atomic E-state index is -3.61. The van der Waals surface area contributed by atoms with Crippen molar-refractivity contribution in [2.45, 2.75) is 0 Å². The van der Waals surface area contributed by atoms with Crippen molar-refractivity contribution in [1.29, 1.82) is 0 Å². The van der Waals surface area contributed by atoms with Gasteiger partial charge in [0.05, 0.1) is 22.7 Å². The second kappa shape index (κ2) is 11.3. The average molecular weight is 643 g/mol. The first-order chi connectivity index (χ1) is 23.7. The quantitative estimate of drug-likeness (QED) is 0.173. The van der Waals surface area contributed by atoms with Crippen LogP contribution in [0.25, 0.3) is 0 Å². The Morgan fingerprint density at radius 3 is 1.15 bits per heavy atom. The zero-order chi connectivity index (χ0) is 32.1. The van der Waals surface area contributed by atoms with Gasteiger partial charge in [-0.2, -0.15) is 0 Å². The molecule has 2 aliphatic heterocycles. The van der Waals surface area contributed by atoms with E-state index in [2.05, 4.69) is 9.80 Å². The lowest BCUT2D eigenvalue weighted by Gasteiger charge is -2.33. The highest BCUT2D eigenvalue weighted by atomic mass is 31.2. The molecule has 0 atom stereocenters. The van der Waals surface area contributed by atoms with Gasteiger partial charge in [-0.3, -0.25) is 9.80 Å². The summed E-state index contributed by atoms with van der Waals surface area (Å²) in [4.78, 5) is 14.4. The van der Waals surface area contributed by atoms with Gasteiger partial charge >= 0.3 is 0 Å². The Hall–Kier alpha value is -6.17. The highest BCUT2D eigenvalue weighted by Crippen LogP contribution is 2.52. The summed E-state index contributed by atoms with van der Waals surface area (Å²) in [5.41, 5.74) is 4.25. The zero-order valence-electron chi connectivity index (χ0n) is 25.5. The molecule has 0 N–H and O–H groups in total. The van der Waals surface area contributed by atoms with Crippen LogP contribution in [0.5, 0.6) is 23.0 Å². The van der Waals surface area contributed by atoms with Gasteiger partial charge < -0.3 is 14.0 Å². The minimum Gasteiger partial charge on any atom is -0.453 e. The number of hydrogen-bond acceptors (Lipinski definition) is 7. The predicted molar refractivity (Wildman–Crippen MR) is 191 cm³/mol. The van der Waals surface area contributed by atoms with Crippen molar-refractivity contribution in [2.75, 3.05) is 9.80 Å². The van der Waals surface area contributed by atoms with Crippen molar-refractivity contribution in [1.82, 2.24) is 9.97 Å². The first kappa shape index (κ1) is 28.1. The standard InChI is InChI=1S/C40H27N4O3P/c45-48(28-14-2-1-3-15-28,39-26-12-24-37(41-39)43-29-16-4-8-20-33(29)46-34-21-9-5-17-30(34)43)40-27-13-25-38(42-40)44-31-18-6-10-22-35(31)47-36-23-11-7-19-32(36)44/h1-27H. The number of benzene rings is 5. The van der Waals surface area contributed by atoms with Crippen LogP contribution in [0.4, 0.5) is 34.4 Å². The highest BCUT2D eigenvalue weighted by Gasteiger charge is 2.36. The number of nitrogens with zero attached hydrogens (tertiary/aromatic N) is 4. The van der Waals surface area contributed by atoms with Crippen LogP contribution in [0.3, 0.4) is 0 Å². The molecule has 0 aliphatic carbocycles. The predicted octanol–water partition coefficient (Wildman–Crippen LogP) is 9.27. The van der Waals surface area contributed by atoms with Crippen molar-refractivity contribution in [2.24, 2.45) is 0 Å². The van der Waals surface area contributed by atoms with Crippen molar-refractivity contribution in [3.8, 4) is 23.0 Å². The molecule has 0 radical (unpaired) electrons. The highest BCUT2D eigenvalue weighted by molar-refractivity contribution is 7.84. The number of anilines is 6. The van der Waals surface area contributed by atoms with Crippen molar-refractivity contribution in [3.05, 3.63) is 164 Å². The number of para-hydroxylation sites is 8. The molecule has 9 rings (SSSR count). The first-order valence-corrected chi connectivity index (χ1v) is 17.3. The van der Waals surface area contributed by atoms with Crippen LogP contribution in [0.15, 0.2) is 164 Å². The minimum absolute atomic E-state index is 0.431. The average Bonchev–Trinajstić information content (AvgIpc) is 3.16. The normalized spacial score (nSPS) is 12.9. The van der Waals surface area contributed by atoms with E-state index in [1.54, 1.807) is 0 Å². The summed E-state index contributed by atoms with van der Waals surface area (Å²) in [6, 6.07) is 52.3. The van der Waals surface area contributed by atoms with Crippen LogP contribution in [0.1, 0.15) is 0 Å². The van der Waals surface area contributed by atoms with Gasteiger partial charge in [0.1, 0.15) is 22.5 Å². The van der Waals surface area contributed by atoms with Gasteiger partial charge in [0.2, 0.25) is 7.14 Å². The Bertz CT molecular complexity index is 2150. The van der Waals surface area contributed by atoms with E-state index in [9.17, 15) is 0 Å². The molecule has 2 aromatic heterocycles. The van der Waals surface area contributed by atoms with E-state index in [4.69, 9.17) is 19.4 Å². The molecule has 0 saturated heterocycles. The summed E-state index contributed by atoms with van der Waals surface area (Å²) in [7, 11) is -3.61. The lowest BCUT2D eigenvalue weighted by molar-refractivity contribution is 0.476. The van der Waals surface area contributed by atoms with Gasteiger partial charge in [-0.05, 0) is 72.8 Å². The molecule has 0 unspecified atom stereocenters. The Kier molecular flexibility index (Phi) is 6.59. The SMILES string of the molecule is O=P(c1ccccc1)(c1cccc(N2c3ccccc3Oc3ccccc32)n1)c1cccc(N2c3ccccc3Oc3ccccc32)n1. The first-order valence-electron chi connectivity index (χ1n) is 15.6. The number of hydrogen-bond donors (Lipinski definition) is 0. The summed E-state index contributed by atoms with van der Waals surface area (Å²) in [6.45, 7) is 0. The molecule has 230 valence electrons. The molecule has 7 nitrogen and oxygen atoms in total. The van der Waals surface area contributed by atoms with Gasteiger partial charge in [-0.1, -0.05) is 91.0 Å². The van der Waals surface area contributed by atoms with E-state index >= 15 is 4.57 Å². The fraction of sp³-hybridized carbons (Fsp3) is 0. The second-order valence-electron chi connectivity index (χ2n) is 11.4. The van der Waals surface area contributed by atoms with E-state index < -0.39 is 7.14 Å². The fourth-order valence-corrected chi connectivity index (χ4v) is 8.78. The Morgan fingerprint density at radius 1 is 0.396 bits per heavy atom. The lowest BCUT2D eigenvalue weighted by atomic mass is 10.1. The molecular weight excluding hydrogens is 615 g/mol. The maximum atomic E-state index is 15.9.